The number of hydrogen-bond acceptors (Lipinski definition) is 5. The summed E-state index contributed by atoms with van der Waals surface area (Å²) in [5, 5.41) is 18.6. The molecule has 0 spiro atoms. The Morgan fingerprint density at radius 2 is 2.05 bits per heavy atom. The zero-order valence-corrected chi connectivity index (χ0v) is 9.87. The van der Waals surface area contributed by atoms with E-state index in [9.17, 15) is 27.9 Å². The normalized spacial score (nSPS) is 30.6. The van der Waals surface area contributed by atoms with Crippen LogP contribution in [0.1, 0.15) is 6.23 Å². The number of hydrogen-bond donors (Lipinski definition) is 3. The van der Waals surface area contributed by atoms with E-state index in [1.165, 1.54) is 0 Å². The molecule has 0 saturated carbocycles. The van der Waals surface area contributed by atoms with E-state index in [0.29, 0.717) is 4.57 Å². The van der Waals surface area contributed by atoms with Gasteiger partial charge >= 0.3 is 11.9 Å². The quantitative estimate of drug-likeness (QED) is 0.647. The first-order chi connectivity index (χ1) is 9.25. The Hall–Kier alpha value is -1.65. The highest BCUT2D eigenvalue weighted by Crippen LogP contribution is 2.42. The molecule has 0 radical (unpaired) electrons. The van der Waals surface area contributed by atoms with Crippen LogP contribution in [0.4, 0.5) is 13.2 Å². The second-order valence-electron chi connectivity index (χ2n) is 4.32. The third-order valence-corrected chi connectivity index (χ3v) is 3.06. The van der Waals surface area contributed by atoms with E-state index in [-0.39, 0.29) is 0 Å². The van der Waals surface area contributed by atoms with Gasteiger partial charge in [0.1, 0.15) is 12.0 Å². The molecule has 1 aromatic heterocycles. The Morgan fingerprint density at radius 1 is 1.40 bits per heavy atom. The first kappa shape index (κ1) is 14.8. The van der Waals surface area contributed by atoms with Crippen LogP contribution < -0.4 is 11.2 Å². The molecule has 0 unspecified atom stereocenters. The number of ether oxygens (including phenoxy) is 1. The summed E-state index contributed by atoms with van der Waals surface area (Å²) in [4.78, 5) is 24.2. The molecule has 4 atom stereocenters. The van der Waals surface area contributed by atoms with Crippen molar-refractivity contribution >= 4 is 0 Å². The van der Waals surface area contributed by atoms with Gasteiger partial charge < -0.3 is 14.9 Å². The molecule has 112 valence electrons. The molecule has 1 aromatic rings. The maximum Gasteiger partial charge on any atom is 0.397 e. The summed E-state index contributed by atoms with van der Waals surface area (Å²) in [6, 6.07) is 0.909. The van der Waals surface area contributed by atoms with Gasteiger partial charge in [-0.05, 0) is 0 Å². The zero-order valence-electron chi connectivity index (χ0n) is 9.87. The monoisotopic (exact) mass is 296 g/mol. The fraction of sp³-hybridized carbons (Fsp3) is 0.600. The molecule has 0 aromatic carbocycles. The second kappa shape index (κ2) is 5.04. The second-order valence-corrected chi connectivity index (χ2v) is 4.32. The summed E-state index contributed by atoms with van der Waals surface area (Å²) >= 11 is 0. The van der Waals surface area contributed by atoms with Gasteiger partial charge in [0, 0.05) is 12.3 Å². The molecule has 1 saturated heterocycles. The van der Waals surface area contributed by atoms with Gasteiger partial charge in [-0.2, -0.15) is 13.2 Å². The average molecular weight is 296 g/mol. The van der Waals surface area contributed by atoms with Crippen LogP contribution in [0.2, 0.25) is 0 Å². The largest absolute Gasteiger partial charge is 0.397 e. The predicted molar refractivity (Wildman–Crippen MR) is 57.9 cm³/mol. The summed E-state index contributed by atoms with van der Waals surface area (Å²) in [7, 11) is 0. The average Bonchev–Trinajstić information content (AvgIpc) is 2.66. The van der Waals surface area contributed by atoms with Crippen LogP contribution in [0.3, 0.4) is 0 Å². The third kappa shape index (κ3) is 2.49. The van der Waals surface area contributed by atoms with Crippen LogP contribution in [0.25, 0.3) is 0 Å². The maximum absolute atomic E-state index is 12.8. The first-order valence-electron chi connectivity index (χ1n) is 5.58. The molecular weight excluding hydrogens is 285 g/mol. The molecule has 3 N–H and O–H groups in total. The fourth-order valence-corrected chi connectivity index (χ4v) is 2.16. The van der Waals surface area contributed by atoms with E-state index >= 15 is 0 Å². The van der Waals surface area contributed by atoms with Crippen molar-refractivity contribution in [2.24, 2.45) is 5.92 Å². The van der Waals surface area contributed by atoms with Gasteiger partial charge in [0.05, 0.1) is 12.7 Å². The van der Waals surface area contributed by atoms with Crippen molar-refractivity contribution in [2.45, 2.75) is 24.6 Å². The van der Waals surface area contributed by atoms with E-state index in [2.05, 4.69) is 0 Å². The van der Waals surface area contributed by atoms with Crippen LogP contribution in [0.15, 0.2) is 21.9 Å². The lowest BCUT2D eigenvalue weighted by atomic mass is 9.98. The van der Waals surface area contributed by atoms with Crippen molar-refractivity contribution in [3.8, 4) is 0 Å². The number of halogens is 3. The number of aromatic nitrogens is 2. The van der Waals surface area contributed by atoms with Crippen molar-refractivity contribution in [3.05, 3.63) is 33.1 Å². The zero-order chi connectivity index (χ0) is 15.1. The lowest BCUT2D eigenvalue weighted by Crippen LogP contribution is -2.41. The van der Waals surface area contributed by atoms with Gasteiger partial charge in [-0.1, -0.05) is 0 Å². The van der Waals surface area contributed by atoms with Gasteiger partial charge in [0.2, 0.25) is 0 Å². The smallest absolute Gasteiger partial charge is 0.394 e. The molecule has 1 fully saturated rings. The van der Waals surface area contributed by atoms with Crippen LogP contribution in [-0.2, 0) is 4.74 Å². The molecule has 7 nitrogen and oxygen atoms in total. The van der Waals surface area contributed by atoms with Crippen molar-refractivity contribution in [2.75, 3.05) is 6.61 Å². The van der Waals surface area contributed by atoms with Crippen molar-refractivity contribution in [3.63, 3.8) is 0 Å². The number of nitrogens with one attached hydrogen (secondary N) is 1. The molecule has 10 heteroatoms. The minimum atomic E-state index is -4.80. The van der Waals surface area contributed by atoms with Crippen LogP contribution in [0.5, 0.6) is 0 Å². The van der Waals surface area contributed by atoms with Gasteiger partial charge in [-0.25, -0.2) is 4.79 Å². The summed E-state index contributed by atoms with van der Waals surface area (Å²) in [5.41, 5.74) is -1.74. The minimum Gasteiger partial charge on any atom is -0.394 e. The highest BCUT2D eigenvalue weighted by Gasteiger charge is 2.57. The first-order valence-corrected chi connectivity index (χ1v) is 5.58. The molecule has 0 bridgehead atoms. The van der Waals surface area contributed by atoms with Gasteiger partial charge in [-0.3, -0.25) is 14.3 Å². The van der Waals surface area contributed by atoms with E-state index in [0.717, 1.165) is 12.3 Å². The number of aliphatic hydroxyl groups is 2. The van der Waals surface area contributed by atoms with Crippen LogP contribution in [-0.4, -0.2) is 44.8 Å². The summed E-state index contributed by atoms with van der Waals surface area (Å²) < 4.78 is 43.9. The van der Waals surface area contributed by atoms with Crippen LogP contribution >= 0.6 is 0 Å². The van der Waals surface area contributed by atoms with E-state index in [4.69, 9.17) is 9.84 Å². The Labute approximate surface area is 109 Å². The summed E-state index contributed by atoms with van der Waals surface area (Å²) in [5.74, 6) is -2.32. The fourth-order valence-electron chi connectivity index (χ4n) is 2.16. The molecule has 2 rings (SSSR count). The Morgan fingerprint density at radius 3 is 2.50 bits per heavy atom. The van der Waals surface area contributed by atoms with E-state index < -0.39 is 48.4 Å². The lowest BCUT2D eigenvalue weighted by Gasteiger charge is -2.21. The van der Waals surface area contributed by atoms with E-state index in [1.807, 2.05) is 4.98 Å². The van der Waals surface area contributed by atoms with Crippen LogP contribution in [0, 0.1) is 5.92 Å². The highest BCUT2D eigenvalue weighted by atomic mass is 19.4. The van der Waals surface area contributed by atoms with E-state index in [1.54, 1.807) is 0 Å². The number of H-pyrrole nitrogens is 1. The summed E-state index contributed by atoms with van der Waals surface area (Å²) in [6.07, 6.45) is -9.28. The molecule has 1 aliphatic rings. The van der Waals surface area contributed by atoms with Crippen molar-refractivity contribution in [1.82, 2.24) is 9.55 Å². The number of alkyl halides is 3. The Bertz CT molecular complexity index is 596. The third-order valence-electron chi connectivity index (χ3n) is 3.06. The molecule has 20 heavy (non-hydrogen) atoms. The summed E-state index contributed by atoms with van der Waals surface area (Å²) in [6.45, 7) is -0.962. The molecule has 1 aliphatic heterocycles. The number of aliphatic hydroxyl groups excluding tert-OH is 2. The maximum atomic E-state index is 12.8. The molecule has 0 aliphatic carbocycles. The number of nitrogens with zero attached hydrogens (tertiary/aromatic N) is 1. The van der Waals surface area contributed by atoms with Gasteiger partial charge in [0.15, 0.2) is 6.23 Å². The standard InChI is InChI=1S/C10H11F3N2O5/c11-10(12,13)6-4(3-16)20-8(7(6)18)15-2-1-5(17)14-9(15)19/h1-2,4,6-8,16,18H,3H2,(H,14,17,19)/t4-,6-,7-,8-/m1/s1. The van der Waals surface area contributed by atoms with Crippen molar-refractivity contribution in [1.29, 1.82) is 0 Å². The Balaban J connectivity index is 2.40. The topological polar surface area (TPSA) is 105 Å². The molecular formula is C10H11F3N2O5. The molecule has 2 heterocycles. The number of aromatic amines is 1. The minimum absolute atomic E-state index is 0.639. The van der Waals surface area contributed by atoms with Crippen molar-refractivity contribution < 1.29 is 28.1 Å². The highest BCUT2D eigenvalue weighted by molar-refractivity contribution is 4.95. The molecule has 0 amide bonds. The SMILES string of the molecule is O=c1ccn([C@@H]2O[C@H](CO)[C@@H](C(F)(F)F)[C@H]2O)c(=O)[nH]1. The lowest BCUT2D eigenvalue weighted by molar-refractivity contribution is -0.205. The predicted octanol–water partition coefficient (Wildman–Crippen LogP) is -1.03. The number of rotatable bonds is 2. The van der Waals surface area contributed by atoms with Gasteiger partial charge in [0.25, 0.3) is 5.56 Å². The Kier molecular flexibility index (Phi) is 3.71. The van der Waals surface area contributed by atoms with Gasteiger partial charge in [-0.15, -0.1) is 0 Å².